The Balaban J connectivity index is 2.33. The molecule has 1 aromatic carbocycles. The number of carbonyl (C=O) groups excluding carboxylic acids is 1. The summed E-state index contributed by atoms with van der Waals surface area (Å²) in [5, 5.41) is 2.81. The fourth-order valence-corrected chi connectivity index (χ4v) is 2.44. The Morgan fingerprint density at radius 1 is 1.31 bits per heavy atom. The molecule has 7 nitrogen and oxygen atoms in total. The number of hydrogen-bond donors (Lipinski definition) is 4. The molecule has 2 aromatic rings. The fourth-order valence-electron chi connectivity index (χ4n) is 2.44. The van der Waals surface area contributed by atoms with Gasteiger partial charge in [0.15, 0.2) is 11.7 Å². The van der Waals surface area contributed by atoms with Gasteiger partial charge in [0, 0.05) is 23.9 Å². The number of benzene rings is 1. The van der Waals surface area contributed by atoms with E-state index in [9.17, 15) is 13.6 Å². The zero-order valence-electron chi connectivity index (χ0n) is 15.9. The lowest BCUT2D eigenvalue weighted by Gasteiger charge is -2.11. The van der Waals surface area contributed by atoms with Crippen LogP contribution in [0.2, 0.25) is 0 Å². The first kappa shape index (κ1) is 21.7. The molecule has 1 amide bonds. The van der Waals surface area contributed by atoms with E-state index in [1.54, 1.807) is 36.5 Å². The molecule has 0 fully saturated rings. The molecule has 0 unspecified atom stereocenters. The molecule has 0 spiro atoms. The minimum absolute atomic E-state index is 0.0256. The third-order valence-corrected chi connectivity index (χ3v) is 3.91. The fraction of sp³-hybridized carbons (Fsp3) is 0.150. The third-order valence-electron chi connectivity index (χ3n) is 3.91. The van der Waals surface area contributed by atoms with Crippen LogP contribution < -0.4 is 22.3 Å². The zero-order valence-corrected chi connectivity index (χ0v) is 15.9. The molecule has 9 heteroatoms. The van der Waals surface area contributed by atoms with Gasteiger partial charge < -0.3 is 16.5 Å². The molecule has 0 bridgehead atoms. The van der Waals surface area contributed by atoms with E-state index >= 15 is 0 Å². The van der Waals surface area contributed by atoms with Gasteiger partial charge in [-0.15, -0.1) is 0 Å². The number of halogens is 2. The van der Waals surface area contributed by atoms with Gasteiger partial charge in [0.05, 0.1) is 11.3 Å². The lowest BCUT2D eigenvalue weighted by molar-refractivity contribution is -0.116. The predicted molar refractivity (Wildman–Crippen MR) is 111 cm³/mol. The van der Waals surface area contributed by atoms with Crippen molar-refractivity contribution in [1.82, 2.24) is 10.4 Å². The number of aromatic nitrogens is 1. The van der Waals surface area contributed by atoms with E-state index in [1.807, 2.05) is 6.92 Å². The van der Waals surface area contributed by atoms with Gasteiger partial charge in [-0.25, -0.2) is 24.6 Å². The maximum Gasteiger partial charge on any atom is 0.224 e. The van der Waals surface area contributed by atoms with Gasteiger partial charge >= 0.3 is 0 Å². The van der Waals surface area contributed by atoms with Gasteiger partial charge in [-0.05, 0) is 30.2 Å². The Morgan fingerprint density at radius 3 is 2.59 bits per heavy atom. The highest BCUT2D eigenvalue weighted by molar-refractivity contribution is 6.03. The quantitative estimate of drug-likeness (QED) is 0.186. The van der Waals surface area contributed by atoms with E-state index in [1.165, 1.54) is 0 Å². The average molecular weight is 400 g/mol. The van der Waals surface area contributed by atoms with Crippen molar-refractivity contribution >= 4 is 23.2 Å². The van der Waals surface area contributed by atoms with E-state index in [-0.39, 0.29) is 29.5 Å². The molecule has 0 saturated heterocycles. The minimum Gasteiger partial charge on any atom is -0.383 e. The summed E-state index contributed by atoms with van der Waals surface area (Å²) in [5.74, 6) is 4.24. The summed E-state index contributed by atoms with van der Waals surface area (Å²) >= 11 is 0. The molecular formula is C20H22F2N6O. The molecule has 1 aromatic heterocycles. The first-order valence-corrected chi connectivity index (χ1v) is 8.76. The lowest BCUT2D eigenvalue weighted by Crippen LogP contribution is -2.32. The molecular weight excluding hydrogens is 378 g/mol. The Hall–Kier alpha value is -3.59. The largest absolute Gasteiger partial charge is 0.383 e. The average Bonchev–Trinajstić information content (AvgIpc) is 2.72. The van der Waals surface area contributed by atoms with Crippen LogP contribution in [0.1, 0.15) is 25.3 Å². The number of hydrazine groups is 1. The Kier molecular flexibility index (Phi) is 7.55. The van der Waals surface area contributed by atoms with E-state index in [2.05, 4.69) is 27.3 Å². The number of aliphatic imine (C=N–C) groups is 1. The van der Waals surface area contributed by atoms with Gasteiger partial charge in [-0.1, -0.05) is 25.6 Å². The summed E-state index contributed by atoms with van der Waals surface area (Å²) in [7, 11) is 0. The number of allylic oxidation sites excluding steroid dienone is 1. The number of rotatable bonds is 7. The number of hydrogen-bond acceptors (Lipinski definition) is 5. The highest BCUT2D eigenvalue weighted by atomic mass is 19.2. The van der Waals surface area contributed by atoms with Crippen LogP contribution in [-0.2, 0) is 4.79 Å². The molecule has 0 aliphatic heterocycles. The van der Waals surface area contributed by atoms with Gasteiger partial charge in [0.1, 0.15) is 12.1 Å². The van der Waals surface area contributed by atoms with Gasteiger partial charge in [0.2, 0.25) is 5.91 Å². The van der Waals surface area contributed by atoms with Crippen molar-refractivity contribution in [2.24, 2.45) is 10.8 Å². The first-order valence-electron chi connectivity index (χ1n) is 8.76. The highest BCUT2D eigenvalue weighted by Gasteiger charge is 2.12. The van der Waals surface area contributed by atoms with Crippen molar-refractivity contribution in [3.05, 3.63) is 66.5 Å². The molecule has 2 rings (SSSR count). The Morgan fingerprint density at radius 2 is 2.00 bits per heavy atom. The number of carbonyl (C=O) groups is 1. The maximum absolute atomic E-state index is 13.3. The number of nitrogens with zero attached hydrogens (tertiary/aromatic N) is 2. The standard InChI is InChI=1S/C20H22F2N6O/c1-3-4-18(29)27-15-7-5-13(6-8-15)14-9-16(19(23)25-11-14)20(28-24)26-12(2)17(22)10-21/h5-11H,2-4,24H2,1H3,(H2,23,25)(H,26,28)(H,27,29)/b17-10-. The highest BCUT2D eigenvalue weighted by Crippen LogP contribution is 2.24. The summed E-state index contributed by atoms with van der Waals surface area (Å²) in [6.07, 6.45) is 2.51. The molecule has 0 aliphatic rings. The van der Waals surface area contributed by atoms with Gasteiger partial charge in [0.25, 0.3) is 0 Å². The number of nitrogens with one attached hydrogen (secondary N) is 2. The molecule has 29 heavy (non-hydrogen) atoms. The van der Waals surface area contributed by atoms with E-state index in [0.717, 1.165) is 12.0 Å². The van der Waals surface area contributed by atoms with Crippen LogP contribution in [0.25, 0.3) is 11.1 Å². The number of nitrogen functional groups attached to an aromatic ring is 1. The minimum atomic E-state index is -1.24. The summed E-state index contributed by atoms with van der Waals surface area (Å²) < 4.78 is 25.6. The van der Waals surface area contributed by atoms with Crippen molar-refractivity contribution in [3.63, 3.8) is 0 Å². The normalized spacial score (nSPS) is 11.9. The van der Waals surface area contributed by atoms with Crippen LogP contribution in [0.3, 0.4) is 0 Å². The number of pyridine rings is 1. The van der Waals surface area contributed by atoms with Gasteiger partial charge in [-0.2, -0.15) is 0 Å². The zero-order chi connectivity index (χ0) is 21.4. The first-order chi connectivity index (χ1) is 13.9. The second-order valence-corrected chi connectivity index (χ2v) is 6.04. The SMILES string of the molecule is C=C(N=C(NN)c1cc(-c2ccc(NC(=O)CCC)cc2)cnc1N)/C(F)=C/F. The lowest BCUT2D eigenvalue weighted by atomic mass is 10.0. The van der Waals surface area contributed by atoms with Crippen molar-refractivity contribution in [2.45, 2.75) is 19.8 Å². The molecule has 6 N–H and O–H groups in total. The summed E-state index contributed by atoms with van der Waals surface area (Å²) in [5.41, 5.74) is 10.2. The van der Waals surface area contributed by atoms with E-state index < -0.39 is 11.5 Å². The van der Waals surface area contributed by atoms with Crippen LogP contribution >= 0.6 is 0 Å². The molecule has 1 heterocycles. The van der Waals surface area contributed by atoms with Crippen molar-refractivity contribution < 1.29 is 13.6 Å². The van der Waals surface area contributed by atoms with Crippen molar-refractivity contribution in [1.29, 1.82) is 0 Å². The second kappa shape index (κ2) is 10.1. The topological polar surface area (TPSA) is 118 Å². The number of anilines is 2. The van der Waals surface area contributed by atoms with Crippen LogP contribution in [0.15, 0.2) is 66.0 Å². The van der Waals surface area contributed by atoms with Crippen LogP contribution in [-0.4, -0.2) is 16.7 Å². The van der Waals surface area contributed by atoms with Crippen LogP contribution in [0.5, 0.6) is 0 Å². The van der Waals surface area contributed by atoms with Crippen molar-refractivity contribution in [3.8, 4) is 11.1 Å². The number of amides is 1. The molecule has 0 radical (unpaired) electrons. The van der Waals surface area contributed by atoms with Crippen LogP contribution in [0.4, 0.5) is 20.3 Å². The van der Waals surface area contributed by atoms with E-state index in [0.29, 0.717) is 17.7 Å². The second-order valence-electron chi connectivity index (χ2n) is 6.04. The smallest absolute Gasteiger partial charge is 0.224 e. The molecule has 0 saturated carbocycles. The maximum atomic E-state index is 13.3. The summed E-state index contributed by atoms with van der Waals surface area (Å²) in [6.45, 7) is 5.26. The predicted octanol–water partition coefficient (Wildman–Crippen LogP) is 3.57. The van der Waals surface area contributed by atoms with Gasteiger partial charge in [-0.3, -0.25) is 4.79 Å². The van der Waals surface area contributed by atoms with E-state index in [4.69, 9.17) is 11.6 Å². The number of nitrogens with two attached hydrogens (primary N) is 2. The monoisotopic (exact) mass is 400 g/mol. The summed E-state index contributed by atoms with van der Waals surface area (Å²) in [4.78, 5) is 19.6. The molecule has 152 valence electrons. The van der Waals surface area contributed by atoms with Crippen molar-refractivity contribution in [2.75, 3.05) is 11.1 Å². The number of amidine groups is 1. The van der Waals surface area contributed by atoms with Crippen LogP contribution in [0, 0.1) is 0 Å². The molecule has 0 aliphatic carbocycles. The Labute approximate surface area is 167 Å². The molecule has 0 atom stereocenters. The Bertz CT molecular complexity index is 954. The third kappa shape index (κ3) is 5.69. The summed E-state index contributed by atoms with van der Waals surface area (Å²) in [6, 6.07) is 8.78.